The topological polar surface area (TPSA) is 106 Å². The van der Waals surface area contributed by atoms with Crippen LogP contribution in [0.25, 0.3) is 0 Å². The molecule has 1 saturated heterocycles. The second-order valence-corrected chi connectivity index (χ2v) is 8.68. The highest BCUT2D eigenvalue weighted by molar-refractivity contribution is 7.89. The molecule has 1 aliphatic carbocycles. The molecule has 0 unspecified atom stereocenters. The van der Waals surface area contributed by atoms with Crippen molar-refractivity contribution < 1.29 is 18.0 Å². The Morgan fingerprint density at radius 2 is 1.72 bits per heavy atom. The predicted molar refractivity (Wildman–Crippen MR) is 91.2 cm³/mol. The van der Waals surface area contributed by atoms with Crippen molar-refractivity contribution in [2.24, 2.45) is 18.7 Å². The van der Waals surface area contributed by atoms with Crippen molar-refractivity contribution in [3.05, 3.63) is 18.0 Å². The minimum absolute atomic E-state index is 0.0550. The molecule has 3 rings (SSSR count). The van der Waals surface area contributed by atoms with E-state index >= 15 is 0 Å². The Balaban J connectivity index is 1.68. The third kappa shape index (κ3) is 3.43. The maximum absolute atomic E-state index is 12.8. The van der Waals surface area contributed by atoms with Crippen LogP contribution in [0.2, 0.25) is 0 Å². The summed E-state index contributed by atoms with van der Waals surface area (Å²) in [7, 11) is -2.12. The van der Waals surface area contributed by atoms with Gasteiger partial charge < -0.3 is 15.2 Å². The number of primary amides is 1. The van der Waals surface area contributed by atoms with Gasteiger partial charge in [-0.25, -0.2) is 8.42 Å². The Morgan fingerprint density at radius 1 is 1.12 bits per heavy atom. The van der Waals surface area contributed by atoms with E-state index in [0.29, 0.717) is 13.1 Å². The van der Waals surface area contributed by atoms with E-state index in [1.165, 1.54) is 21.1 Å². The standard InChI is InChI=1S/C16H24N4O4S/c1-18-11-13(10-14(18)15(17)21)25(23,24)20-8-6-19(7-9-20)16(22)12-4-2-3-5-12/h10-12H,2-9H2,1H3,(H2,17,21). The van der Waals surface area contributed by atoms with Crippen LogP contribution in [0, 0.1) is 5.92 Å². The van der Waals surface area contributed by atoms with E-state index in [2.05, 4.69) is 0 Å². The molecular weight excluding hydrogens is 344 g/mol. The SMILES string of the molecule is Cn1cc(S(=O)(=O)N2CCN(C(=O)C3CCCC3)CC2)cc1C(N)=O. The number of nitrogens with two attached hydrogens (primary N) is 1. The summed E-state index contributed by atoms with van der Waals surface area (Å²) in [6, 6.07) is 1.30. The smallest absolute Gasteiger partial charge is 0.265 e. The zero-order chi connectivity index (χ0) is 18.2. The molecule has 25 heavy (non-hydrogen) atoms. The first-order valence-corrected chi connectivity index (χ1v) is 10.00. The molecule has 8 nitrogen and oxygen atoms in total. The molecule has 9 heteroatoms. The zero-order valence-electron chi connectivity index (χ0n) is 14.3. The van der Waals surface area contributed by atoms with Crippen LogP contribution in [-0.4, -0.2) is 60.2 Å². The van der Waals surface area contributed by atoms with E-state index in [1.807, 2.05) is 0 Å². The second kappa shape index (κ2) is 6.80. The van der Waals surface area contributed by atoms with Gasteiger partial charge in [0.05, 0.1) is 0 Å². The van der Waals surface area contributed by atoms with Gasteiger partial charge in [0, 0.05) is 45.3 Å². The maximum Gasteiger partial charge on any atom is 0.265 e. The number of carbonyl (C=O) groups is 2. The summed E-state index contributed by atoms with van der Waals surface area (Å²) < 4.78 is 28.3. The number of carbonyl (C=O) groups excluding carboxylic acids is 2. The molecule has 2 heterocycles. The fourth-order valence-electron chi connectivity index (χ4n) is 3.65. The van der Waals surface area contributed by atoms with Crippen molar-refractivity contribution in [1.29, 1.82) is 0 Å². The van der Waals surface area contributed by atoms with Crippen LogP contribution in [0.3, 0.4) is 0 Å². The van der Waals surface area contributed by atoms with Crippen molar-refractivity contribution in [1.82, 2.24) is 13.8 Å². The maximum atomic E-state index is 12.8. The molecule has 1 aromatic heterocycles. The highest BCUT2D eigenvalue weighted by atomic mass is 32.2. The minimum Gasteiger partial charge on any atom is -0.364 e. The fourth-order valence-corrected chi connectivity index (χ4v) is 5.14. The number of hydrogen-bond acceptors (Lipinski definition) is 4. The lowest BCUT2D eigenvalue weighted by molar-refractivity contribution is -0.136. The second-order valence-electron chi connectivity index (χ2n) is 6.75. The number of hydrogen-bond donors (Lipinski definition) is 1. The van der Waals surface area contributed by atoms with Gasteiger partial charge in [-0.2, -0.15) is 4.31 Å². The molecule has 0 spiro atoms. The van der Waals surface area contributed by atoms with Crippen molar-refractivity contribution in [3.8, 4) is 0 Å². The van der Waals surface area contributed by atoms with Crippen LogP contribution in [0.15, 0.2) is 17.2 Å². The molecule has 1 saturated carbocycles. The molecular formula is C16H24N4O4S. The molecule has 138 valence electrons. The Labute approximate surface area is 147 Å². The average Bonchev–Trinajstić information content (AvgIpc) is 3.24. The Morgan fingerprint density at radius 3 is 2.24 bits per heavy atom. The summed E-state index contributed by atoms with van der Waals surface area (Å²) >= 11 is 0. The lowest BCUT2D eigenvalue weighted by Gasteiger charge is -2.35. The quantitative estimate of drug-likeness (QED) is 0.816. The minimum atomic E-state index is -3.70. The van der Waals surface area contributed by atoms with Crippen LogP contribution in [0.5, 0.6) is 0 Å². The van der Waals surface area contributed by atoms with Gasteiger partial charge >= 0.3 is 0 Å². The largest absolute Gasteiger partial charge is 0.364 e. The van der Waals surface area contributed by atoms with Crippen molar-refractivity contribution >= 4 is 21.8 Å². The van der Waals surface area contributed by atoms with E-state index in [9.17, 15) is 18.0 Å². The van der Waals surface area contributed by atoms with Gasteiger partial charge in [-0.3, -0.25) is 9.59 Å². The third-order valence-corrected chi connectivity index (χ3v) is 6.99. The van der Waals surface area contributed by atoms with E-state index in [0.717, 1.165) is 25.7 Å². The summed E-state index contributed by atoms with van der Waals surface area (Å²) in [4.78, 5) is 25.6. The lowest BCUT2D eigenvalue weighted by Crippen LogP contribution is -2.51. The monoisotopic (exact) mass is 368 g/mol. The van der Waals surface area contributed by atoms with Crippen molar-refractivity contribution in [2.45, 2.75) is 30.6 Å². The molecule has 1 aromatic rings. The first-order valence-electron chi connectivity index (χ1n) is 8.56. The van der Waals surface area contributed by atoms with Gasteiger partial charge in [0.2, 0.25) is 15.9 Å². The van der Waals surface area contributed by atoms with Crippen molar-refractivity contribution in [2.75, 3.05) is 26.2 Å². The normalized spacial score (nSPS) is 20.1. The molecule has 2 aliphatic rings. The van der Waals surface area contributed by atoms with Gasteiger partial charge in [-0.05, 0) is 18.9 Å². The number of nitrogens with zero attached hydrogens (tertiary/aromatic N) is 3. The molecule has 0 aromatic carbocycles. The zero-order valence-corrected chi connectivity index (χ0v) is 15.2. The predicted octanol–water partition coefficient (Wildman–Crippen LogP) is 0.147. The van der Waals surface area contributed by atoms with Crippen molar-refractivity contribution in [3.63, 3.8) is 0 Å². The summed E-state index contributed by atoms with van der Waals surface area (Å²) in [5.74, 6) is -0.406. The summed E-state index contributed by atoms with van der Waals surface area (Å²) in [5.41, 5.74) is 5.40. The van der Waals surface area contributed by atoms with Crippen LogP contribution >= 0.6 is 0 Å². The van der Waals surface area contributed by atoms with Crippen LogP contribution in [0.4, 0.5) is 0 Å². The highest BCUT2D eigenvalue weighted by Crippen LogP contribution is 2.27. The van der Waals surface area contributed by atoms with Gasteiger partial charge in [-0.1, -0.05) is 12.8 Å². The number of aryl methyl sites for hydroxylation is 1. The lowest BCUT2D eigenvalue weighted by atomic mass is 10.1. The Kier molecular flexibility index (Phi) is 4.88. The van der Waals surface area contributed by atoms with Crippen LogP contribution in [-0.2, 0) is 21.9 Å². The molecule has 0 radical (unpaired) electrons. The van der Waals surface area contributed by atoms with Crippen LogP contribution in [0.1, 0.15) is 36.2 Å². The van der Waals surface area contributed by atoms with Gasteiger partial charge in [0.1, 0.15) is 10.6 Å². The van der Waals surface area contributed by atoms with Gasteiger partial charge in [0.15, 0.2) is 0 Å². The van der Waals surface area contributed by atoms with E-state index < -0.39 is 15.9 Å². The molecule has 2 fully saturated rings. The average molecular weight is 368 g/mol. The molecule has 2 N–H and O–H groups in total. The molecule has 0 atom stereocenters. The van der Waals surface area contributed by atoms with E-state index in [4.69, 9.17) is 5.73 Å². The fraction of sp³-hybridized carbons (Fsp3) is 0.625. The number of sulfonamides is 1. The Bertz CT molecular complexity index is 772. The Hall–Kier alpha value is -1.87. The van der Waals surface area contributed by atoms with E-state index in [1.54, 1.807) is 11.9 Å². The third-order valence-electron chi connectivity index (χ3n) is 5.12. The van der Waals surface area contributed by atoms with E-state index in [-0.39, 0.29) is 35.5 Å². The number of rotatable bonds is 4. The number of aromatic nitrogens is 1. The van der Waals surface area contributed by atoms with Crippen LogP contribution < -0.4 is 5.73 Å². The first kappa shape index (κ1) is 17.9. The van der Waals surface area contributed by atoms with Gasteiger partial charge in [-0.15, -0.1) is 0 Å². The summed E-state index contributed by atoms with van der Waals surface area (Å²) in [6.07, 6.45) is 5.47. The molecule has 2 amide bonds. The summed E-state index contributed by atoms with van der Waals surface area (Å²) in [6.45, 7) is 1.34. The summed E-state index contributed by atoms with van der Waals surface area (Å²) in [5, 5.41) is 0. The first-order chi connectivity index (χ1) is 11.8. The molecule has 0 bridgehead atoms. The highest BCUT2D eigenvalue weighted by Gasteiger charge is 2.34. The number of amides is 2. The number of piperazine rings is 1. The van der Waals surface area contributed by atoms with Gasteiger partial charge in [0.25, 0.3) is 5.91 Å². The molecule has 1 aliphatic heterocycles.